The van der Waals surface area contributed by atoms with Crippen molar-refractivity contribution in [3.05, 3.63) is 53.9 Å². The zero-order valence-electron chi connectivity index (χ0n) is 12.1. The number of hydrogen-bond donors (Lipinski definition) is 1. The number of aromatic nitrogens is 1. The van der Waals surface area contributed by atoms with Gasteiger partial charge in [0.05, 0.1) is 11.3 Å². The Morgan fingerprint density at radius 1 is 1.36 bits per heavy atom. The quantitative estimate of drug-likeness (QED) is 0.928. The van der Waals surface area contributed by atoms with E-state index in [4.69, 9.17) is 4.74 Å². The van der Waals surface area contributed by atoms with Gasteiger partial charge in [-0.3, -0.25) is 14.6 Å². The third kappa shape index (κ3) is 2.63. The summed E-state index contributed by atoms with van der Waals surface area (Å²) in [6, 6.07) is 8.87. The van der Waals surface area contributed by atoms with Crippen LogP contribution in [0, 0.1) is 0 Å². The maximum atomic E-state index is 12.4. The molecule has 1 aliphatic heterocycles. The van der Waals surface area contributed by atoms with Gasteiger partial charge in [-0.05, 0) is 23.8 Å². The van der Waals surface area contributed by atoms with Crippen LogP contribution in [0.1, 0.15) is 15.9 Å². The van der Waals surface area contributed by atoms with Gasteiger partial charge in [0.2, 0.25) is 0 Å². The Morgan fingerprint density at radius 3 is 3.00 bits per heavy atom. The largest absolute Gasteiger partial charge is 0.481 e. The van der Waals surface area contributed by atoms with Crippen LogP contribution in [0.5, 0.6) is 5.75 Å². The van der Waals surface area contributed by atoms with Gasteiger partial charge in [-0.2, -0.15) is 0 Å². The molecule has 1 aromatic heterocycles. The number of nitrogens with zero attached hydrogens (tertiary/aromatic N) is 2. The number of likely N-dealkylation sites (N-methyl/N-ethyl adjacent to an activating group) is 1. The summed E-state index contributed by atoms with van der Waals surface area (Å²) in [5.74, 6) is 0.0529. The molecule has 2 amide bonds. The summed E-state index contributed by atoms with van der Waals surface area (Å²) in [5.41, 5.74) is 1.93. The minimum absolute atomic E-state index is 0.0591. The lowest BCUT2D eigenvalue weighted by molar-refractivity contribution is -0.121. The molecule has 0 unspecified atom stereocenters. The predicted molar refractivity (Wildman–Crippen MR) is 80.8 cm³/mol. The molecule has 6 heteroatoms. The lowest BCUT2D eigenvalue weighted by Gasteiger charge is -2.27. The van der Waals surface area contributed by atoms with Gasteiger partial charge in [0.1, 0.15) is 0 Å². The summed E-state index contributed by atoms with van der Waals surface area (Å²) in [7, 11) is 1.67. The minimum atomic E-state index is -0.247. The first-order chi connectivity index (χ1) is 10.7. The topological polar surface area (TPSA) is 71.5 Å². The molecule has 112 valence electrons. The first-order valence-corrected chi connectivity index (χ1v) is 6.86. The van der Waals surface area contributed by atoms with Gasteiger partial charge in [0.15, 0.2) is 12.4 Å². The number of para-hydroxylation sites is 1. The van der Waals surface area contributed by atoms with Gasteiger partial charge >= 0.3 is 0 Å². The predicted octanol–water partition coefficient (Wildman–Crippen LogP) is 1.37. The summed E-state index contributed by atoms with van der Waals surface area (Å²) >= 11 is 0. The van der Waals surface area contributed by atoms with Crippen LogP contribution in [0.3, 0.4) is 0 Å². The van der Waals surface area contributed by atoms with E-state index in [1.165, 1.54) is 4.90 Å². The lowest BCUT2D eigenvalue weighted by Crippen LogP contribution is -2.36. The van der Waals surface area contributed by atoms with Crippen LogP contribution in [0.15, 0.2) is 42.7 Å². The SMILES string of the molecule is CN1C(=O)COc2c(C(=O)NCc3cccnc3)cccc21. The lowest BCUT2D eigenvalue weighted by atomic mass is 10.1. The third-order valence-electron chi connectivity index (χ3n) is 3.49. The van der Waals surface area contributed by atoms with Gasteiger partial charge < -0.3 is 15.0 Å². The van der Waals surface area contributed by atoms with Crippen molar-refractivity contribution in [3.8, 4) is 5.75 Å². The number of carbonyl (C=O) groups is 2. The molecule has 3 rings (SSSR count). The van der Waals surface area contributed by atoms with Crippen LogP contribution >= 0.6 is 0 Å². The monoisotopic (exact) mass is 297 g/mol. The van der Waals surface area contributed by atoms with E-state index in [9.17, 15) is 9.59 Å². The van der Waals surface area contributed by atoms with Crippen molar-refractivity contribution in [1.29, 1.82) is 0 Å². The zero-order valence-corrected chi connectivity index (χ0v) is 12.1. The third-order valence-corrected chi connectivity index (χ3v) is 3.49. The van der Waals surface area contributed by atoms with E-state index in [1.54, 1.807) is 37.6 Å². The van der Waals surface area contributed by atoms with Crippen LogP contribution in [-0.4, -0.2) is 30.5 Å². The first-order valence-electron chi connectivity index (χ1n) is 6.86. The highest BCUT2D eigenvalue weighted by Crippen LogP contribution is 2.34. The Morgan fingerprint density at radius 2 is 2.23 bits per heavy atom. The smallest absolute Gasteiger partial charge is 0.264 e. The molecule has 0 bridgehead atoms. The van der Waals surface area contributed by atoms with E-state index in [0.717, 1.165) is 5.56 Å². The van der Waals surface area contributed by atoms with Crippen LogP contribution in [0.4, 0.5) is 5.69 Å². The fraction of sp³-hybridized carbons (Fsp3) is 0.188. The second-order valence-corrected chi connectivity index (χ2v) is 4.94. The highest BCUT2D eigenvalue weighted by atomic mass is 16.5. The van der Waals surface area contributed by atoms with Gasteiger partial charge in [-0.15, -0.1) is 0 Å². The van der Waals surface area contributed by atoms with Crippen molar-refractivity contribution in [2.45, 2.75) is 6.54 Å². The zero-order chi connectivity index (χ0) is 15.5. The van der Waals surface area contributed by atoms with Crippen molar-refractivity contribution < 1.29 is 14.3 Å². The summed E-state index contributed by atoms with van der Waals surface area (Å²) in [4.78, 5) is 29.5. The maximum absolute atomic E-state index is 12.4. The number of fused-ring (bicyclic) bond motifs is 1. The summed E-state index contributed by atoms with van der Waals surface area (Å²) < 4.78 is 5.45. The molecule has 2 aromatic rings. The van der Waals surface area contributed by atoms with Crippen LogP contribution in [0.2, 0.25) is 0 Å². The van der Waals surface area contributed by atoms with E-state index in [-0.39, 0.29) is 18.4 Å². The fourth-order valence-corrected chi connectivity index (χ4v) is 2.26. The number of rotatable bonds is 3. The first kappa shape index (κ1) is 14.1. The number of nitrogens with one attached hydrogen (secondary N) is 1. The molecule has 0 saturated carbocycles. The number of carbonyl (C=O) groups excluding carboxylic acids is 2. The summed E-state index contributed by atoms with van der Waals surface area (Å²) in [6.45, 7) is 0.321. The molecular formula is C16H15N3O3. The Balaban J connectivity index is 1.80. The molecule has 1 aromatic carbocycles. The Bertz CT molecular complexity index is 716. The highest BCUT2D eigenvalue weighted by molar-refractivity contribution is 6.03. The van der Waals surface area contributed by atoms with E-state index < -0.39 is 0 Å². The van der Waals surface area contributed by atoms with Crippen molar-refractivity contribution in [1.82, 2.24) is 10.3 Å². The van der Waals surface area contributed by atoms with Crippen molar-refractivity contribution in [2.75, 3.05) is 18.6 Å². The Labute approximate surface area is 127 Å². The molecule has 0 atom stereocenters. The maximum Gasteiger partial charge on any atom is 0.264 e. The van der Waals surface area contributed by atoms with Crippen LogP contribution in [0.25, 0.3) is 0 Å². The molecule has 1 N–H and O–H groups in total. The average molecular weight is 297 g/mol. The van der Waals surface area contributed by atoms with Gasteiger partial charge in [-0.1, -0.05) is 12.1 Å². The number of ether oxygens (including phenoxy) is 1. The average Bonchev–Trinajstić information content (AvgIpc) is 2.56. The van der Waals surface area contributed by atoms with E-state index in [1.807, 2.05) is 12.1 Å². The van der Waals surface area contributed by atoms with Gasteiger partial charge in [0.25, 0.3) is 11.8 Å². The number of pyridine rings is 1. The van der Waals surface area contributed by atoms with E-state index in [0.29, 0.717) is 23.5 Å². The Hall–Kier alpha value is -2.89. The molecule has 6 nitrogen and oxygen atoms in total. The second kappa shape index (κ2) is 5.85. The van der Waals surface area contributed by atoms with Crippen LogP contribution < -0.4 is 15.0 Å². The van der Waals surface area contributed by atoms with E-state index in [2.05, 4.69) is 10.3 Å². The van der Waals surface area contributed by atoms with Crippen molar-refractivity contribution in [2.24, 2.45) is 0 Å². The van der Waals surface area contributed by atoms with Crippen molar-refractivity contribution in [3.63, 3.8) is 0 Å². The molecule has 22 heavy (non-hydrogen) atoms. The van der Waals surface area contributed by atoms with Gasteiger partial charge in [-0.25, -0.2) is 0 Å². The molecule has 1 aliphatic rings. The molecule has 0 radical (unpaired) electrons. The van der Waals surface area contributed by atoms with Crippen molar-refractivity contribution >= 4 is 17.5 Å². The summed E-state index contributed by atoms with van der Waals surface area (Å²) in [6.07, 6.45) is 3.38. The number of benzene rings is 1. The Kier molecular flexibility index (Phi) is 3.74. The number of hydrogen-bond acceptors (Lipinski definition) is 4. The normalized spacial score (nSPS) is 13.3. The summed E-state index contributed by atoms with van der Waals surface area (Å²) in [5, 5.41) is 2.83. The second-order valence-electron chi connectivity index (χ2n) is 4.94. The standard InChI is InChI=1S/C16H15N3O3/c1-19-13-6-2-5-12(15(13)22-10-14(19)20)16(21)18-9-11-4-3-7-17-8-11/h2-8H,9-10H2,1H3,(H,18,21). The molecule has 0 saturated heterocycles. The molecule has 0 aliphatic carbocycles. The molecule has 0 fully saturated rings. The minimum Gasteiger partial charge on any atom is -0.481 e. The molecular weight excluding hydrogens is 282 g/mol. The fourth-order valence-electron chi connectivity index (χ4n) is 2.26. The highest BCUT2D eigenvalue weighted by Gasteiger charge is 2.26. The molecule has 0 spiro atoms. The molecule has 2 heterocycles. The van der Waals surface area contributed by atoms with E-state index >= 15 is 0 Å². The van der Waals surface area contributed by atoms with Gasteiger partial charge in [0, 0.05) is 26.0 Å². The van der Waals surface area contributed by atoms with Crippen LogP contribution in [-0.2, 0) is 11.3 Å². The number of anilines is 1. The number of amides is 2.